The van der Waals surface area contributed by atoms with Gasteiger partial charge in [-0.05, 0) is 43.7 Å². The first-order chi connectivity index (χ1) is 9.86. The van der Waals surface area contributed by atoms with Gasteiger partial charge in [0.1, 0.15) is 0 Å². The molecule has 0 spiro atoms. The van der Waals surface area contributed by atoms with Gasteiger partial charge in [-0.25, -0.2) is 0 Å². The summed E-state index contributed by atoms with van der Waals surface area (Å²) in [5.74, 6) is 0. The minimum atomic E-state index is -0.178. The Morgan fingerprint density at radius 1 is 1.19 bits per heavy atom. The molecule has 0 aromatic heterocycles. The highest BCUT2D eigenvalue weighted by molar-refractivity contribution is 5.25. The first-order valence-corrected chi connectivity index (χ1v) is 8.23. The Labute approximate surface area is 130 Å². The quantitative estimate of drug-likeness (QED) is 0.890. The van der Waals surface area contributed by atoms with E-state index < -0.39 is 0 Å². The summed E-state index contributed by atoms with van der Waals surface area (Å²) in [6.07, 6.45) is 5.17. The van der Waals surface area contributed by atoms with E-state index in [9.17, 15) is 5.11 Å². The topological polar surface area (TPSA) is 23.5 Å². The van der Waals surface area contributed by atoms with Gasteiger partial charge in [0.25, 0.3) is 0 Å². The maximum Gasteiger partial charge on any atom is 0.0537 e. The molecule has 0 radical (unpaired) electrons. The van der Waals surface area contributed by atoms with Crippen LogP contribution in [0.5, 0.6) is 0 Å². The van der Waals surface area contributed by atoms with Crippen molar-refractivity contribution in [1.29, 1.82) is 0 Å². The van der Waals surface area contributed by atoms with Gasteiger partial charge >= 0.3 is 0 Å². The molecule has 118 valence electrons. The second-order valence-electron chi connectivity index (χ2n) is 7.90. The molecule has 1 aliphatic rings. The first kappa shape index (κ1) is 16.5. The minimum absolute atomic E-state index is 0.178. The summed E-state index contributed by atoms with van der Waals surface area (Å²) in [7, 11) is 2.22. The Bertz CT molecular complexity index is 432. The van der Waals surface area contributed by atoms with Crippen LogP contribution in [0.15, 0.2) is 30.3 Å². The third-order valence-electron chi connectivity index (χ3n) is 5.35. The van der Waals surface area contributed by atoms with Crippen molar-refractivity contribution in [3.05, 3.63) is 35.9 Å². The second kappa shape index (κ2) is 6.50. The normalized spacial score (nSPS) is 22.2. The van der Waals surface area contributed by atoms with Crippen LogP contribution < -0.4 is 0 Å². The average Bonchev–Trinajstić information content (AvgIpc) is 2.47. The molecule has 0 amide bonds. The van der Waals surface area contributed by atoms with E-state index in [1.165, 1.54) is 31.2 Å². The van der Waals surface area contributed by atoms with Gasteiger partial charge in [-0.2, -0.15) is 0 Å². The molecule has 1 fully saturated rings. The van der Waals surface area contributed by atoms with Crippen molar-refractivity contribution in [3.63, 3.8) is 0 Å². The van der Waals surface area contributed by atoms with E-state index in [1.54, 1.807) is 0 Å². The number of aliphatic hydroxyl groups excluding tert-OH is 1. The predicted molar refractivity (Wildman–Crippen MR) is 89.5 cm³/mol. The Morgan fingerprint density at radius 3 is 2.29 bits per heavy atom. The number of benzene rings is 1. The molecule has 2 heteroatoms. The SMILES string of the molecule is CN(CC(C)(CO)c1ccccc1)C1CCC(C)(C)CC1. The van der Waals surface area contributed by atoms with E-state index in [0.717, 1.165) is 6.54 Å². The Hall–Kier alpha value is -0.860. The van der Waals surface area contributed by atoms with Gasteiger partial charge in [0.15, 0.2) is 0 Å². The van der Waals surface area contributed by atoms with Crippen LogP contribution in [0.25, 0.3) is 0 Å². The number of hydrogen-bond donors (Lipinski definition) is 1. The minimum Gasteiger partial charge on any atom is -0.395 e. The van der Waals surface area contributed by atoms with Crippen molar-refractivity contribution in [2.45, 2.75) is 57.9 Å². The highest BCUT2D eigenvalue weighted by Gasteiger charge is 2.33. The van der Waals surface area contributed by atoms with Gasteiger partial charge in [-0.1, -0.05) is 51.1 Å². The molecule has 1 aromatic carbocycles. The van der Waals surface area contributed by atoms with Crippen LogP contribution in [-0.4, -0.2) is 36.2 Å². The van der Waals surface area contributed by atoms with Gasteiger partial charge in [0, 0.05) is 18.0 Å². The number of rotatable bonds is 5. The van der Waals surface area contributed by atoms with Gasteiger partial charge < -0.3 is 10.0 Å². The Morgan fingerprint density at radius 2 is 1.76 bits per heavy atom. The molecule has 1 unspecified atom stereocenters. The lowest BCUT2D eigenvalue weighted by molar-refractivity contribution is 0.0898. The van der Waals surface area contributed by atoms with Crippen LogP contribution in [-0.2, 0) is 5.41 Å². The predicted octanol–water partition coefficient (Wildman–Crippen LogP) is 3.84. The summed E-state index contributed by atoms with van der Waals surface area (Å²) in [5.41, 5.74) is 1.57. The molecular formula is C19H31NO. The van der Waals surface area contributed by atoms with E-state index in [0.29, 0.717) is 11.5 Å². The fourth-order valence-corrected chi connectivity index (χ4v) is 3.58. The van der Waals surface area contributed by atoms with Crippen LogP contribution in [0.2, 0.25) is 0 Å². The second-order valence-corrected chi connectivity index (χ2v) is 7.90. The monoisotopic (exact) mass is 289 g/mol. The van der Waals surface area contributed by atoms with E-state index in [4.69, 9.17) is 0 Å². The maximum atomic E-state index is 9.94. The van der Waals surface area contributed by atoms with Gasteiger partial charge in [0.05, 0.1) is 6.61 Å². The van der Waals surface area contributed by atoms with Crippen LogP contribution in [0.4, 0.5) is 0 Å². The van der Waals surface area contributed by atoms with Crippen LogP contribution in [0.3, 0.4) is 0 Å². The first-order valence-electron chi connectivity index (χ1n) is 8.23. The molecule has 1 aliphatic carbocycles. The lowest BCUT2D eigenvalue weighted by Crippen LogP contribution is -2.46. The fourth-order valence-electron chi connectivity index (χ4n) is 3.58. The summed E-state index contributed by atoms with van der Waals surface area (Å²) in [5, 5.41) is 9.94. The fraction of sp³-hybridized carbons (Fsp3) is 0.684. The molecule has 1 saturated carbocycles. The van der Waals surface area contributed by atoms with E-state index in [1.807, 2.05) is 6.07 Å². The van der Waals surface area contributed by atoms with Crippen molar-refractivity contribution in [2.75, 3.05) is 20.2 Å². The Balaban J connectivity index is 2.02. The molecule has 0 bridgehead atoms. The largest absolute Gasteiger partial charge is 0.395 e. The maximum absolute atomic E-state index is 9.94. The summed E-state index contributed by atoms with van der Waals surface area (Å²) in [6, 6.07) is 11.1. The summed E-state index contributed by atoms with van der Waals surface area (Å²) >= 11 is 0. The molecule has 1 N–H and O–H groups in total. The molecule has 0 heterocycles. The number of nitrogens with zero attached hydrogens (tertiary/aromatic N) is 1. The van der Waals surface area contributed by atoms with Crippen molar-refractivity contribution < 1.29 is 5.11 Å². The summed E-state index contributed by atoms with van der Waals surface area (Å²) < 4.78 is 0. The van der Waals surface area contributed by atoms with Crippen LogP contribution >= 0.6 is 0 Å². The van der Waals surface area contributed by atoms with E-state index >= 15 is 0 Å². The van der Waals surface area contributed by atoms with E-state index in [2.05, 4.69) is 57.0 Å². The molecule has 1 aromatic rings. The smallest absolute Gasteiger partial charge is 0.0537 e. The van der Waals surface area contributed by atoms with Gasteiger partial charge in [-0.3, -0.25) is 0 Å². The van der Waals surface area contributed by atoms with Crippen molar-refractivity contribution in [2.24, 2.45) is 5.41 Å². The molecule has 0 aliphatic heterocycles. The number of aliphatic hydroxyl groups is 1. The van der Waals surface area contributed by atoms with E-state index in [-0.39, 0.29) is 12.0 Å². The third kappa shape index (κ3) is 4.08. The highest BCUT2D eigenvalue weighted by atomic mass is 16.3. The molecule has 0 saturated heterocycles. The molecular weight excluding hydrogens is 258 g/mol. The van der Waals surface area contributed by atoms with Crippen LogP contribution in [0, 0.1) is 5.41 Å². The van der Waals surface area contributed by atoms with Gasteiger partial charge in [-0.15, -0.1) is 0 Å². The lowest BCUT2D eigenvalue weighted by Gasteiger charge is -2.42. The molecule has 2 nitrogen and oxygen atoms in total. The lowest BCUT2D eigenvalue weighted by atomic mass is 9.74. The van der Waals surface area contributed by atoms with Gasteiger partial charge in [0.2, 0.25) is 0 Å². The number of hydrogen-bond acceptors (Lipinski definition) is 2. The molecule has 1 atom stereocenters. The average molecular weight is 289 g/mol. The number of likely N-dealkylation sites (N-methyl/N-ethyl adjacent to an activating group) is 1. The molecule has 21 heavy (non-hydrogen) atoms. The zero-order chi connectivity index (χ0) is 15.5. The molecule has 2 rings (SSSR count). The van der Waals surface area contributed by atoms with Crippen molar-refractivity contribution in [1.82, 2.24) is 4.90 Å². The Kier molecular flexibility index (Phi) is 5.11. The highest BCUT2D eigenvalue weighted by Crippen LogP contribution is 2.37. The third-order valence-corrected chi connectivity index (χ3v) is 5.35. The van der Waals surface area contributed by atoms with Crippen molar-refractivity contribution >= 4 is 0 Å². The van der Waals surface area contributed by atoms with Crippen LogP contribution in [0.1, 0.15) is 52.0 Å². The summed E-state index contributed by atoms with van der Waals surface area (Å²) in [6.45, 7) is 8.04. The zero-order valence-electron chi connectivity index (χ0n) is 14.1. The standard InChI is InChI=1S/C19H31NO/c1-18(2)12-10-17(11-13-18)20(4)14-19(3,15-21)16-8-6-5-7-9-16/h5-9,17,21H,10-15H2,1-4H3. The zero-order valence-corrected chi connectivity index (χ0v) is 14.1. The van der Waals surface area contributed by atoms with Crippen molar-refractivity contribution in [3.8, 4) is 0 Å². The summed E-state index contributed by atoms with van der Waals surface area (Å²) in [4.78, 5) is 2.47.